The molecule has 0 aliphatic carbocycles. The minimum Gasteiger partial charge on any atom is -0.494 e. The van der Waals surface area contributed by atoms with Crippen molar-refractivity contribution < 1.29 is 14.3 Å². The van der Waals surface area contributed by atoms with Crippen LogP contribution in [0.4, 0.5) is 0 Å². The van der Waals surface area contributed by atoms with Crippen molar-refractivity contribution in [3.05, 3.63) is 58.6 Å². The molecule has 0 saturated carbocycles. The molecule has 2 rings (SSSR count). The normalized spacial score (nSPS) is 11.7. The van der Waals surface area contributed by atoms with Crippen LogP contribution < -0.4 is 14.8 Å². The summed E-state index contributed by atoms with van der Waals surface area (Å²) in [5.74, 6) is 1.22. The first-order chi connectivity index (χ1) is 11.5. The number of rotatable bonds is 7. The van der Waals surface area contributed by atoms with Crippen molar-refractivity contribution >= 4 is 17.5 Å². The maximum atomic E-state index is 12.1. The van der Waals surface area contributed by atoms with Crippen LogP contribution in [-0.2, 0) is 4.79 Å². The van der Waals surface area contributed by atoms with Gasteiger partial charge in [0.2, 0.25) is 0 Å². The lowest BCUT2D eigenvalue weighted by atomic mass is 10.1. The number of hydrogen-bond donors (Lipinski definition) is 1. The van der Waals surface area contributed by atoms with Crippen LogP contribution >= 0.6 is 11.6 Å². The summed E-state index contributed by atoms with van der Waals surface area (Å²) in [5.41, 5.74) is 1.80. The Labute approximate surface area is 147 Å². The van der Waals surface area contributed by atoms with E-state index >= 15 is 0 Å². The lowest BCUT2D eigenvalue weighted by Gasteiger charge is -2.16. The smallest absolute Gasteiger partial charge is 0.258 e. The van der Waals surface area contributed by atoms with Gasteiger partial charge in [-0.3, -0.25) is 4.79 Å². The molecule has 5 heteroatoms. The van der Waals surface area contributed by atoms with Gasteiger partial charge in [0.1, 0.15) is 11.5 Å². The van der Waals surface area contributed by atoms with Crippen molar-refractivity contribution in [1.29, 1.82) is 0 Å². The van der Waals surface area contributed by atoms with Gasteiger partial charge in [0, 0.05) is 10.6 Å². The molecule has 0 spiro atoms. The van der Waals surface area contributed by atoms with Crippen LogP contribution in [0.2, 0.25) is 5.02 Å². The lowest BCUT2D eigenvalue weighted by Crippen LogP contribution is -2.31. The van der Waals surface area contributed by atoms with E-state index in [1.165, 1.54) is 0 Å². The van der Waals surface area contributed by atoms with E-state index in [-0.39, 0.29) is 18.6 Å². The molecule has 0 fully saturated rings. The Kier molecular flexibility index (Phi) is 6.50. The standard InChI is InChI=1S/C19H22ClNO3/c1-4-23-16-8-5-7-15(11-16)14(3)21-19(22)12-24-18-10-6-9-17(20)13(18)2/h5-11,14H,4,12H2,1-3H3,(H,21,22). The first-order valence-electron chi connectivity index (χ1n) is 7.91. The molecule has 1 atom stereocenters. The summed E-state index contributed by atoms with van der Waals surface area (Å²) in [6, 6.07) is 12.9. The van der Waals surface area contributed by atoms with Crippen LogP contribution in [0.1, 0.15) is 31.0 Å². The fourth-order valence-electron chi connectivity index (χ4n) is 2.29. The van der Waals surface area contributed by atoms with E-state index in [1.54, 1.807) is 18.2 Å². The quantitative estimate of drug-likeness (QED) is 0.812. The molecule has 24 heavy (non-hydrogen) atoms. The highest BCUT2D eigenvalue weighted by molar-refractivity contribution is 6.31. The van der Waals surface area contributed by atoms with Gasteiger partial charge in [0.05, 0.1) is 12.6 Å². The second-order valence-corrected chi connectivity index (χ2v) is 5.85. The zero-order valence-corrected chi connectivity index (χ0v) is 14.9. The molecule has 0 aromatic heterocycles. The second-order valence-electron chi connectivity index (χ2n) is 5.45. The van der Waals surface area contributed by atoms with E-state index in [1.807, 2.05) is 45.0 Å². The number of halogens is 1. The first-order valence-corrected chi connectivity index (χ1v) is 8.29. The SMILES string of the molecule is CCOc1cccc(C(C)NC(=O)COc2cccc(Cl)c2C)c1. The van der Waals surface area contributed by atoms with Gasteiger partial charge in [0.15, 0.2) is 6.61 Å². The molecule has 2 aromatic carbocycles. The molecule has 128 valence electrons. The van der Waals surface area contributed by atoms with Crippen LogP contribution in [0.25, 0.3) is 0 Å². The summed E-state index contributed by atoms with van der Waals surface area (Å²) in [4.78, 5) is 12.1. The molecule has 1 amide bonds. The highest BCUT2D eigenvalue weighted by atomic mass is 35.5. The average molecular weight is 348 g/mol. The van der Waals surface area contributed by atoms with Gasteiger partial charge in [-0.15, -0.1) is 0 Å². The van der Waals surface area contributed by atoms with Crippen molar-refractivity contribution in [2.75, 3.05) is 13.2 Å². The molecule has 0 radical (unpaired) electrons. The number of carbonyl (C=O) groups is 1. The van der Waals surface area contributed by atoms with E-state index in [9.17, 15) is 4.79 Å². The lowest BCUT2D eigenvalue weighted by molar-refractivity contribution is -0.123. The molecule has 1 N–H and O–H groups in total. The fourth-order valence-corrected chi connectivity index (χ4v) is 2.46. The van der Waals surface area contributed by atoms with Crippen molar-refractivity contribution in [2.24, 2.45) is 0 Å². The topological polar surface area (TPSA) is 47.6 Å². The molecule has 0 aliphatic heterocycles. The van der Waals surface area contributed by atoms with Crippen molar-refractivity contribution in [3.8, 4) is 11.5 Å². The number of nitrogens with one attached hydrogen (secondary N) is 1. The van der Waals surface area contributed by atoms with Crippen LogP contribution in [0, 0.1) is 6.92 Å². The third-order valence-corrected chi connectivity index (χ3v) is 4.03. The molecule has 4 nitrogen and oxygen atoms in total. The van der Waals surface area contributed by atoms with Crippen LogP contribution in [0.5, 0.6) is 11.5 Å². The molecule has 1 unspecified atom stereocenters. The van der Waals surface area contributed by atoms with Gasteiger partial charge >= 0.3 is 0 Å². The number of hydrogen-bond acceptors (Lipinski definition) is 3. The van der Waals surface area contributed by atoms with Crippen LogP contribution in [0.3, 0.4) is 0 Å². The number of ether oxygens (including phenoxy) is 2. The summed E-state index contributed by atoms with van der Waals surface area (Å²) in [5, 5.41) is 3.54. The van der Waals surface area contributed by atoms with E-state index in [0.717, 1.165) is 16.9 Å². The van der Waals surface area contributed by atoms with Gasteiger partial charge in [-0.25, -0.2) is 0 Å². The molecule has 2 aromatic rings. The maximum Gasteiger partial charge on any atom is 0.258 e. The van der Waals surface area contributed by atoms with Crippen molar-refractivity contribution in [2.45, 2.75) is 26.8 Å². The summed E-state index contributed by atoms with van der Waals surface area (Å²) < 4.78 is 11.0. The summed E-state index contributed by atoms with van der Waals surface area (Å²) in [6.07, 6.45) is 0. The molecular formula is C19H22ClNO3. The molecule has 0 aliphatic rings. The van der Waals surface area contributed by atoms with E-state index in [4.69, 9.17) is 21.1 Å². The Morgan fingerprint density at radius 2 is 1.96 bits per heavy atom. The van der Waals surface area contributed by atoms with Gasteiger partial charge in [-0.1, -0.05) is 29.8 Å². The van der Waals surface area contributed by atoms with Crippen LogP contribution in [0.15, 0.2) is 42.5 Å². The van der Waals surface area contributed by atoms with Crippen molar-refractivity contribution in [3.63, 3.8) is 0 Å². The summed E-state index contributed by atoms with van der Waals surface area (Å²) >= 11 is 6.04. The van der Waals surface area contributed by atoms with E-state index in [0.29, 0.717) is 17.4 Å². The highest BCUT2D eigenvalue weighted by Crippen LogP contribution is 2.25. The minimum absolute atomic E-state index is 0.0589. The van der Waals surface area contributed by atoms with Crippen LogP contribution in [-0.4, -0.2) is 19.1 Å². The Hall–Kier alpha value is -2.20. The molecular weight excluding hydrogens is 326 g/mol. The fraction of sp³-hybridized carbons (Fsp3) is 0.316. The molecule has 0 bridgehead atoms. The molecule has 0 saturated heterocycles. The number of carbonyl (C=O) groups excluding carboxylic acids is 1. The second kappa shape index (κ2) is 8.60. The third-order valence-electron chi connectivity index (χ3n) is 3.62. The predicted molar refractivity (Wildman–Crippen MR) is 95.9 cm³/mol. The Balaban J connectivity index is 1.92. The van der Waals surface area contributed by atoms with E-state index in [2.05, 4.69) is 5.32 Å². The highest BCUT2D eigenvalue weighted by Gasteiger charge is 2.12. The Bertz CT molecular complexity index is 703. The number of benzene rings is 2. The predicted octanol–water partition coefficient (Wildman–Crippen LogP) is 4.30. The largest absolute Gasteiger partial charge is 0.494 e. The molecule has 0 heterocycles. The summed E-state index contributed by atoms with van der Waals surface area (Å²) in [7, 11) is 0. The van der Waals surface area contributed by atoms with Gasteiger partial charge in [-0.2, -0.15) is 0 Å². The van der Waals surface area contributed by atoms with Gasteiger partial charge in [0.25, 0.3) is 5.91 Å². The zero-order valence-electron chi connectivity index (χ0n) is 14.1. The third kappa shape index (κ3) is 4.90. The first kappa shape index (κ1) is 18.1. The Morgan fingerprint density at radius 1 is 1.21 bits per heavy atom. The van der Waals surface area contributed by atoms with Crippen molar-refractivity contribution in [1.82, 2.24) is 5.32 Å². The monoisotopic (exact) mass is 347 g/mol. The van der Waals surface area contributed by atoms with Gasteiger partial charge < -0.3 is 14.8 Å². The number of amides is 1. The summed E-state index contributed by atoms with van der Waals surface area (Å²) in [6.45, 7) is 6.27. The minimum atomic E-state index is -0.191. The maximum absolute atomic E-state index is 12.1. The zero-order chi connectivity index (χ0) is 17.5. The average Bonchev–Trinajstić information content (AvgIpc) is 2.57. The van der Waals surface area contributed by atoms with Gasteiger partial charge in [-0.05, 0) is 50.6 Å². The Morgan fingerprint density at radius 3 is 2.71 bits per heavy atom. The van der Waals surface area contributed by atoms with E-state index < -0.39 is 0 Å².